The Labute approximate surface area is 54.8 Å². The molecular weight excluding hydrogens is 116 g/mol. The molecule has 1 radical (unpaired) electrons. The lowest BCUT2D eigenvalue weighted by Gasteiger charge is -2.26. The molecule has 0 aromatic carbocycles. The number of piperidine rings is 1. The van der Waals surface area contributed by atoms with Crippen molar-refractivity contribution in [1.29, 1.82) is 0 Å². The Bertz CT molecular complexity index is 105. The fraction of sp³-hybridized carbons (Fsp3) is 0.833. The van der Waals surface area contributed by atoms with Crippen molar-refractivity contribution >= 4 is 6.41 Å². The summed E-state index contributed by atoms with van der Waals surface area (Å²) in [6.45, 7) is 1.51. The van der Waals surface area contributed by atoms with Gasteiger partial charge in [-0.1, -0.05) is 0 Å². The van der Waals surface area contributed by atoms with E-state index < -0.39 is 0 Å². The molecule has 2 N–H and O–H groups in total. The number of nitrogens with zero attached hydrogens (tertiary/aromatic N) is 1. The van der Waals surface area contributed by atoms with Gasteiger partial charge in [0.05, 0.1) is 0 Å². The first-order valence-corrected chi connectivity index (χ1v) is 3.21. The van der Waals surface area contributed by atoms with Crippen LogP contribution in [0.3, 0.4) is 0 Å². The van der Waals surface area contributed by atoms with E-state index in [1.165, 1.54) is 0 Å². The van der Waals surface area contributed by atoms with Crippen LogP contribution >= 0.6 is 0 Å². The fourth-order valence-corrected chi connectivity index (χ4v) is 1.09. The Kier molecular flexibility index (Phi) is 2.05. The van der Waals surface area contributed by atoms with Gasteiger partial charge in [-0.05, 0) is 12.8 Å². The van der Waals surface area contributed by atoms with E-state index in [0.717, 1.165) is 19.4 Å². The molecule has 1 rings (SSSR count). The molecule has 0 bridgehead atoms. The molecule has 1 saturated heterocycles. The van der Waals surface area contributed by atoms with Gasteiger partial charge in [-0.3, -0.25) is 4.79 Å². The second-order valence-corrected chi connectivity index (χ2v) is 2.44. The van der Waals surface area contributed by atoms with Crippen molar-refractivity contribution in [2.24, 2.45) is 5.73 Å². The van der Waals surface area contributed by atoms with Gasteiger partial charge in [0.1, 0.15) is 0 Å². The summed E-state index contributed by atoms with van der Waals surface area (Å²) >= 11 is 0. The van der Waals surface area contributed by atoms with E-state index in [1.54, 1.807) is 4.90 Å². The Morgan fingerprint density at radius 1 is 1.67 bits per heavy atom. The zero-order valence-electron chi connectivity index (χ0n) is 5.34. The maximum atomic E-state index is 10.1. The highest BCUT2D eigenvalue weighted by Gasteiger charge is 2.14. The summed E-state index contributed by atoms with van der Waals surface area (Å²) in [4.78, 5) is 11.7. The van der Waals surface area contributed by atoms with E-state index in [4.69, 9.17) is 5.73 Å². The zero-order chi connectivity index (χ0) is 6.69. The van der Waals surface area contributed by atoms with Crippen LogP contribution < -0.4 is 5.73 Å². The molecule has 1 heterocycles. The predicted octanol–water partition coefficient (Wildman–Crippen LogP) is -0.523. The summed E-state index contributed by atoms with van der Waals surface area (Å²) in [5.74, 6) is 0. The highest BCUT2D eigenvalue weighted by atomic mass is 16.1. The van der Waals surface area contributed by atoms with Gasteiger partial charge < -0.3 is 10.6 Å². The molecular formula is C6H11N2O. The van der Waals surface area contributed by atoms with Gasteiger partial charge in [-0.15, -0.1) is 0 Å². The smallest absolute Gasteiger partial charge is 0.312 e. The lowest BCUT2D eigenvalue weighted by molar-refractivity contribution is 0.294. The molecule has 9 heavy (non-hydrogen) atoms. The topological polar surface area (TPSA) is 46.3 Å². The van der Waals surface area contributed by atoms with Crippen molar-refractivity contribution < 1.29 is 4.79 Å². The van der Waals surface area contributed by atoms with E-state index in [2.05, 4.69) is 0 Å². The average molecular weight is 127 g/mol. The maximum absolute atomic E-state index is 10.1. The molecule has 1 aliphatic rings. The minimum atomic E-state index is 0.181. The minimum absolute atomic E-state index is 0.181. The van der Waals surface area contributed by atoms with Crippen LogP contribution in [0.15, 0.2) is 0 Å². The van der Waals surface area contributed by atoms with Crippen molar-refractivity contribution in [3.63, 3.8) is 0 Å². The molecule has 0 unspecified atom stereocenters. The lowest BCUT2D eigenvalue weighted by Crippen LogP contribution is -2.41. The van der Waals surface area contributed by atoms with Gasteiger partial charge in [0, 0.05) is 19.1 Å². The quantitative estimate of drug-likeness (QED) is 0.515. The predicted molar refractivity (Wildman–Crippen MR) is 34.5 cm³/mol. The number of carbonyl (C=O) groups excluding carboxylic acids is 1. The second-order valence-electron chi connectivity index (χ2n) is 2.44. The summed E-state index contributed by atoms with van der Waals surface area (Å²) in [5.41, 5.74) is 5.58. The van der Waals surface area contributed by atoms with E-state index >= 15 is 0 Å². The molecule has 1 atom stereocenters. The molecule has 51 valence electrons. The van der Waals surface area contributed by atoms with Gasteiger partial charge >= 0.3 is 6.41 Å². The van der Waals surface area contributed by atoms with Crippen LogP contribution in [-0.4, -0.2) is 30.4 Å². The Balaban J connectivity index is 2.31. The third-order valence-corrected chi connectivity index (χ3v) is 1.59. The summed E-state index contributed by atoms with van der Waals surface area (Å²) in [6, 6.07) is 0.181. The molecule has 0 aliphatic carbocycles. The van der Waals surface area contributed by atoms with E-state index in [9.17, 15) is 4.79 Å². The van der Waals surface area contributed by atoms with Crippen molar-refractivity contribution in [3.8, 4) is 0 Å². The summed E-state index contributed by atoms with van der Waals surface area (Å²) in [5, 5.41) is 0. The van der Waals surface area contributed by atoms with Gasteiger partial charge in [0.15, 0.2) is 0 Å². The second kappa shape index (κ2) is 2.82. The molecule has 1 fully saturated rings. The first-order chi connectivity index (χ1) is 4.33. The van der Waals surface area contributed by atoms with Crippen molar-refractivity contribution in [1.82, 2.24) is 4.90 Å². The zero-order valence-corrected chi connectivity index (χ0v) is 5.34. The van der Waals surface area contributed by atoms with Crippen LogP contribution in [0, 0.1) is 0 Å². The van der Waals surface area contributed by atoms with Crippen LogP contribution in [0.2, 0.25) is 0 Å². The Morgan fingerprint density at radius 3 is 2.89 bits per heavy atom. The van der Waals surface area contributed by atoms with Crippen LogP contribution in [0.5, 0.6) is 0 Å². The third-order valence-electron chi connectivity index (χ3n) is 1.59. The van der Waals surface area contributed by atoms with Crippen molar-refractivity contribution in [2.45, 2.75) is 18.9 Å². The standard InChI is InChI=1S/C6H11N2O/c7-6-2-1-3-8(4-6)5-9/h6H,1-4,7H2/t6-/m0/s1. The molecule has 1 aliphatic heterocycles. The maximum Gasteiger partial charge on any atom is 0.312 e. The van der Waals surface area contributed by atoms with Gasteiger partial charge in [0.2, 0.25) is 0 Å². The molecule has 0 saturated carbocycles. The first-order valence-electron chi connectivity index (χ1n) is 3.21. The summed E-state index contributed by atoms with van der Waals surface area (Å²) in [7, 11) is 0. The summed E-state index contributed by atoms with van der Waals surface area (Å²) in [6.07, 6.45) is 3.90. The van der Waals surface area contributed by atoms with Crippen molar-refractivity contribution in [3.05, 3.63) is 0 Å². The molecule has 0 spiro atoms. The number of amides is 1. The number of rotatable bonds is 1. The molecule has 1 amide bonds. The highest BCUT2D eigenvalue weighted by molar-refractivity contribution is 5.48. The van der Waals surface area contributed by atoms with E-state index in [1.807, 2.05) is 6.41 Å². The third kappa shape index (κ3) is 1.68. The molecule has 3 heteroatoms. The number of hydrogen-bond donors (Lipinski definition) is 1. The van der Waals surface area contributed by atoms with Gasteiger partial charge in [-0.2, -0.15) is 0 Å². The van der Waals surface area contributed by atoms with E-state index in [-0.39, 0.29) is 6.04 Å². The van der Waals surface area contributed by atoms with Crippen LogP contribution in [0.4, 0.5) is 0 Å². The monoisotopic (exact) mass is 127 g/mol. The highest BCUT2D eigenvalue weighted by Crippen LogP contribution is 2.04. The van der Waals surface area contributed by atoms with Gasteiger partial charge in [0.25, 0.3) is 0 Å². The Hall–Kier alpha value is -0.570. The van der Waals surface area contributed by atoms with Crippen LogP contribution in [0.1, 0.15) is 12.8 Å². The number of likely N-dealkylation sites (tertiary alicyclic amines) is 1. The average Bonchev–Trinajstić information content (AvgIpc) is 1.88. The molecule has 0 aromatic rings. The lowest BCUT2D eigenvalue weighted by atomic mass is 10.1. The SMILES string of the molecule is N[C@H]1CCCN([C]=O)C1. The summed E-state index contributed by atoms with van der Waals surface area (Å²) < 4.78 is 0. The largest absolute Gasteiger partial charge is 0.333 e. The van der Waals surface area contributed by atoms with E-state index in [0.29, 0.717) is 6.54 Å². The molecule has 0 aromatic heterocycles. The normalized spacial score (nSPS) is 28.1. The number of hydrogen-bond acceptors (Lipinski definition) is 2. The molecule has 3 nitrogen and oxygen atoms in total. The van der Waals surface area contributed by atoms with Crippen LogP contribution in [-0.2, 0) is 4.79 Å². The van der Waals surface area contributed by atoms with Crippen LogP contribution in [0.25, 0.3) is 0 Å². The first kappa shape index (κ1) is 6.55. The number of nitrogens with two attached hydrogens (primary N) is 1. The Morgan fingerprint density at radius 2 is 2.44 bits per heavy atom. The van der Waals surface area contributed by atoms with Crippen molar-refractivity contribution in [2.75, 3.05) is 13.1 Å². The minimum Gasteiger partial charge on any atom is -0.333 e. The van der Waals surface area contributed by atoms with Gasteiger partial charge in [-0.25, -0.2) is 0 Å². The fourth-order valence-electron chi connectivity index (χ4n) is 1.09.